The van der Waals surface area contributed by atoms with Gasteiger partial charge in [-0.25, -0.2) is 4.79 Å². The number of rotatable bonds is 11. The SMILES string of the molecule is C.COC(=O)[C@@H]1CCC(=O)N1.CP=S.O=C1CC[C@@H](CO)N1Cc1ccccc1.O=Cc1c(O)cccc1O.O=Cc1c(O)cccc1OC[C@@H]1CCC(=O)N1Cc1ccccc1. The molecule has 3 aliphatic heterocycles. The van der Waals surface area contributed by atoms with E-state index in [1.54, 1.807) is 17.0 Å². The Labute approximate surface area is 374 Å². The second-order valence-corrected chi connectivity index (χ2v) is 15.4. The van der Waals surface area contributed by atoms with E-state index in [0.29, 0.717) is 63.7 Å². The number of nitrogens with one attached hydrogen (secondary N) is 1. The summed E-state index contributed by atoms with van der Waals surface area (Å²) in [6.07, 6.45) is 4.55. The van der Waals surface area contributed by atoms with Crippen molar-refractivity contribution in [3.8, 4) is 23.0 Å². The third kappa shape index (κ3) is 16.9. The number of phenols is 3. The van der Waals surface area contributed by atoms with Crippen molar-refractivity contribution < 1.29 is 58.7 Å². The smallest absolute Gasteiger partial charge is 0.328 e. The second kappa shape index (κ2) is 28.4. The van der Waals surface area contributed by atoms with Crippen molar-refractivity contribution in [2.24, 2.45) is 0 Å². The molecule has 3 atom stereocenters. The normalized spacial score (nSPS) is 17.1. The van der Waals surface area contributed by atoms with Crippen LogP contribution in [0.2, 0.25) is 0 Å². The summed E-state index contributed by atoms with van der Waals surface area (Å²) < 4.78 is 10.2. The number of phenolic OH excluding ortho intramolecular Hbond substituents is 3. The summed E-state index contributed by atoms with van der Waals surface area (Å²) in [7, 11) is 2.31. The van der Waals surface area contributed by atoms with E-state index < -0.39 is 6.04 Å². The van der Waals surface area contributed by atoms with Crippen LogP contribution in [-0.2, 0) is 48.8 Å². The van der Waals surface area contributed by atoms with Gasteiger partial charge < -0.3 is 45.0 Å². The fraction of sp³-hybridized carbons (Fsp3) is 0.348. The van der Waals surface area contributed by atoms with Gasteiger partial charge in [0.05, 0.1) is 36.9 Å². The van der Waals surface area contributed by atoms with Gasteiger partial charge in [0.25, 0.3) is 0 Å². The van der Waals surface area contributed by atoms with Crippen LogP contribution >= 0.6 is 7.36 Å². The zero-order valence-corrected chi connectivity index (χ0v) is 36.2. The van der Waals surface area contributed by atoms with Gasteiger partial charge in [-0.1, -0.05) is 92.0 Å². The summed E-state index contributed by atoms with van der Waals surface area (Å²) >= 11 is 4.37. The topological polar surface area (TPSA) is 220 Å². The molecule has 4 aromatic rings. The van der Waals surface area contributed by atoms with Crippen molar-refractivity contribution in [1.82, 2.24) is 15.1 Å². The van der Waals surface area contributed by atoms with Gasteiger partial charge in [-0.15, -0.1) is 0 Å². The molecule has 7 rings (SSSR count). The highest BCUT2D eigenvalue weighted by atomic mass is 32.4. The number of esters is 1. The molecule has 5 N–H and O–H groups in total. The minimum absolute atomic E-state index is 0. The Morgan fingerprint density at radius 2 is 1.19 bits per heavy atom. The number of aliphatic hydroxyl groups is 1. The lowest BCUT2D eigenvalue weighted by molar-refractivity contribution is -0.143. The number of carbonyl (C=O) groups excluding carboxylic acids is 6. The average molecular weight is 906 g/mol. The molecule has 0 bridgehead atoms. The van der Waals surface area contributed by atoms with Crippen LogP contribution in [0.3, 0.4) is 0 Å². The maximum atomic E-state index is 12.2. The molecule has 3 aliphatic rings. The molecule has 17 heteroatoms. The number of aldehydes is 2. The van der Waals surface area contributed by atoms with E-state index in [0.717, 1.165) is 31.3 Å². The predicted octanol–water partition coefficient (Wildman–Crippen LogP) is 5.95. The third-order valence-corrected chi connectivity index (χ3v) is 9.76. The Morgan fingerprint density at radius 3 is 1.62 bits per heavy atom. The minimum Gasteiger partial charge on any atom is -0.507 e. The van der Waals surface area contributed by atoms with Crippen LogP contribution in [0.4, 0.5) is 0 Å². The minimum atomic E-state index is -0.405. The summed E-state index contributed by atoms with van der Waals surface area (Å²) in [6, 6.07) is 28.1. The number of ether oxygens (including phenoxy) is 2. The van der Waals surface area contributed by atoms with Crippen LogP contribution in [0.5, 0.6) is 23.0 Å². The second-order valence-electron chi connectivity index (χ2n) is 13.9. The standard InChI is InChI=1S/C19H19NO4.C12H15NO2.C7H6O3.C6H9NO3.CH3PS.CH4/c21-12-16-17(22)7-4-8-18(16)24-13-15-9-10-19(23)20(15)11-14-5-2-1-3-6-14;14-9-11-6-7-12(15)13(11)8-10-4-2-1-3-5-10;8-4-5-6(9)2-1-3-7(5)10;1-10-6(9)4-2-3-5(8)7-4;1-2-3;/h1-8,12,15,22H,9-11,13H2;1-5,11,14H,6-9H2;1-4,9-10H;4H,2-3H2,1H3,(H,7,8);1H3;1H4/t15-;11-;;4-;;/m00.0../s1. The first kappa shape index (κ1) is 52.9. The number of methoxy groups -OCH3 is 1. The maximum absolute atomic E-state index is 12.2. The Kier molecular flexibility index (Phi) is 23.8. The first-order valence-electron chi connectivity index (χ1n) is 19.6. The van der Waals surface area contributed by atoms with Gasteiger partial charge in [0.15, 0.2) is 12.6 Å². The van der Waals surface area contributed by atoms with Gasteiger partial charge in [0.1, 0.15) is 35.6 Å². The van der Waals surface area contributed by atoms with Gasteiger partial charge in [-0.3, -0.25) is 24.0 Å². The van der Waals surface area contributed by atoms with E-state index >= 15 is 0 Å². The van der Waals surface area contributed by atoms with E-state index in [2.05, 4.69) is 21.9 Å². The molecule has 3 amide bonds. The van der Waals surface area contributed by atoms with Crippen molar-refractivity contribution in [3.05, 3.63) is 119 Å². The number of nitrogens with zero attached hydrogens (tertiary/aromatic N) is 2. The van der Waals surface area contributed by atoms with Gasteiger partial charge >= 0.3 is 5.97 Å². The third-order valence-electron chi connectivity index (χ3n) is 9.76. The maximum Gasteiger partial charge on any atom is 0.328 e. The lowest BCUT2D eigenvalue weighted by Gasteiger charge is -2.25. The molecule has 338 valence electrons. The Balaban J connectivity index is 0.000000301. The molecule has 0 saturated carbocycles. The fourth-order valence-electron chi connectivity index (χ4n) is 6.50. The van der Waals surface area contributed by atoms with E-state index in [1.165, 1.54) is 31.4 Å². The lowest BCUT2D eigenvalue weighted by Crippen LogP contribution is -2.36. The molecule has 0 radical (unpaired) electrons. The lowest BCUT2D eigenvalue weighted by atomic mass is 10.2. The van der Waals surface area contributed by atoms with Crippen molar-refractivity contribution in [2.45, 2.75) is 77.2 Å². The van der Waals surface area contributed by atoms with Gasteiger partial charge in [0.2, 0.25) is 17.7 Å². The highest BCUT2D eigenvalue weighted by Crippen LogP contribution is 2.28. The molecule has 15 nitrogen and oxygen atoms in total. The Bertz CT molecular complexity index is 2070. The Hall–Kier alpha value is -6.22. The number of likely N-dealkylation sites (tertiary alicyclic amines) is 2. The zero-order valence-electron chi connectivity index (χ0n) is 34.5. The number of benzene rings is 4. The molecule has 0 spiro atoms. The molecule has 0 unspecified atom stereocenters. The summed E-state index contributed by atoms with van der Waals surface area (Å²) in [4.78, 5) is 69.8. The molecular formula is C46H56N3O12PS. The highest BCUT2D eigenvalue weighted by Gasteiger charge is 2.32. The van der Waals surface area contributed by atoms with Crippen molar-refractivity contribution >= 4 is 55.4 Å². The van der Waals surface area contributed by atoms with E-state index in [4.69, 9.17) is 20.1 Å². The van der Waals surface area contributed by atoms with E-state index in [-0.39, 0.29) is 78.2 Å². The summed E-state index contributed by atoms with van der Waals surface area (Å²) in [5.74, 6) is -0.335. The first-order valence-corrected chi connectivity index (χ1v) is 22.0. The van der Waals surface area contributed by atoms with Crippen LogP contribution in [0.1, 0.15) is 77.8 Å². The summed E-state index contributed by atoms with van der Waals surface area (Å²) in [6.45, 7) is 3.44. The summed E-state index contributed by atoms with van der Waals surface area (Å²) in [5.41, 5.74) is 2.26. The molecule has 0 aromatic heterocycles. The first-order chi connectivity index (χ1) is 29.9. The molecule has 4 aromatic carbocycles. The van der Waals surface area contributed by atoms with Crippen LogP contribution in [-0.4, -0.2) is 112 Å². The molecular weight excluding hydrogens is 850 g/mol. The zero-order chi connectivity index (χ0) is 45.4. The highest BCUT2D eigenvalue weighted by molar-refractivity contribution is 7.96. The number of carbonyl (C=O) groups is 6. The van der Waals surface area contributed by atoms with E-state index in [9.17, 15) is 33.9 Å². The molecule has 3 fully saturated rings. The van der Waals surface area contributed by atoms with E-state index in [1.807, 2.05) is 72.2 Å². The number of aliphatic hydroxyl groups excluding tert-OH is 1. The number of amides is 3. The molecule has 0 aliphatic carbocycles. The van der Waals surface area contributed by atoms with Crippen molar-refractivity contribution in [3.63, 3.8) is 0 Å². The number of hydrogen-bond donors (Lipinski definition) is 5. The molecule has 3 saturated heterocycles. The quantitative estimate of drug-likeness (QED) is 0.0668. The van der Waals surface area contributed by atoms with Gasteiger partial charge in [-0.05, 0) is 68.7 Å². The van der Waals surface area contributed by atoms with Gasteiger partial charge in [-0.2, -0.15) is 0 Å². The van der Waals surface area contributed by atoms with Crippen LogP contribution in [0.15, 0.2) is 97.1 Å². The fourth-order valence-corrected chi connectivity index (χ4v) is 6.50. The number of aromatic hydroxyl groups is 3. The predicted molar refractivity (Wildman–Crippen MR) is 241 cm³/mol. The van der Waals surface area contributed by atoms with Gasteiger partial charge in [0, 0.05) is 32.4 Å². The van der Waals surface area contributed by atoms with Crippen molar-refractivity contribution in [1.29, 1.82) is 0 Å². The monoisotopic (exact) mass is 905 g/mol. The number of hydrogen-bond acceptors (Lipinski definition) is 13. The van der Waals surface area contributed by atoms with Crippen LogP contribution in [0, 0.1) is 0 Å². The summed E-state index contributed by atoms with van der Waals surface area (Å²) in [5, 5.41) is 39.1. The van der Waals surface area contributed by atoms with Crippen LogP contribution in [0.25, 0.3) is 0 Å². The molecule has 63 heavy (non-hydrogen) atoms. The molecule has 3 heterocycles. The van der Waals surface area contributed by atoms with Crippen LogP contribution < -0.4 is 10.1 Å². The average Bonchev–Trinajstić information content (AvgIpc) is 3.98. The largest absolute Gasteiger partial charge is 0.507 e. The Morgan fingerprint density at radius 1 is 0.730 bits per heavy atom. The van der Waals surface area contributed by atoms with Crippen molar-refractivity contribution in [2.75, 3.05) is 27.0 Å².